The van der Waals surface area contributed by atoms with E-state index in [0.29, 0.717) is 12.8 Å². The summed E-state index contributed by atoms with van der Waals surface area (Å²) in [6.07, 6.45) is 6.17. The van der Waals surface area contributed by atoms with Crippen LogP contribution in [0.5, 0.6) is 0 Å². The van der Waals surface area contributed by atoms with Crippen molar-refractivity contribution in [3.63, 3.8) is 0 Å². The standard InChI is InChI=1S/C16H24N4O3/c1-4-5-6-14(21)17-12-7-9-20(10-8-12)13-11-18(2)16(23)19(3)15(13)22/h4,11-13H,1,5-10H2,2-3H3/p+1. The highest BCUT2D eigenvalue weighted by Crippen LogP contribution is 2.16. The number of imide groups is 1. The van der Waals surface area contributed by atoms with Gasteiger partial charge in [-0.2, -0.15) is 9.69 Å². The summed E-state index contributed by atoms with van der Waals surface area (Å²) >= 11 is 0. The summed E-state index contributed by atoms with van der Waals surface area (Å²) < 4.78 is 1.45. The number of piperidine rings is 1. The number of hydrogen-bond donors (Lipinski definition) is 1. The first-order valence-electron chi connectivity index (χ1n) is 7.97. The number of carbonyl (C=O) groups excluding carboxylic acids is 3. The molecule has 23 heavy (non-hydrogen) atoms. The Kier molecular flexibility index (Phi) is 5.65. The Hall–Kier alpha value is -2.02. The molecule has 0 aliphatic carbocycles. The maximum Gasteiger partial charge on any atom is 0.500 e. The molecule has 0 aromatic rings. The number of amides is 4. The molecule has 1 fully saturated rings. The number of likely N-dealkylation sites (N-methyl/N-ethyl adjacent to an activating group) is 1. The van der Waals surface area contributed by atoms with E-state index in [1.165, 1.54) is 11.6 Å². The molecule has 7 nitrogen and oxygen atoms in total. The van der Waals surface area contributed by atoms with Gasteiger partial charge in [-0.25, -0.2) is 9.37 Å². The monoisotopic (exact) mass is 321 g/mol. The summed E-state index contributed by atoms with van der Waals surface area (Å²) in [5.74, 6) is -0.143. The molecule has 0 radical (unpaired) electrons. The van der Waals surface area contributed by atoms with Crippen molar-refractivity contribution in [2.24, 2.45) is 0 Å². The second-order valence-corrected chi connectivity index (χ2v) is 6.09. The SMILES string of the molecule is C=CCCC(=O)NC1CCN(C2C=[N+](C)C(=O)N(C)C2=O)CC1. The molecule has 1 N–H and O–H groups in total. The molecular formula is C16H25N4O3+. The molecule has 0 saturated carbocycles. The summed E-state index contributed by atoms with van der Waals surface area (Å²) in [6, 6.07) is -0.560. The quantitative estimate of drug-likeness (QED) is 0.580. The van der Waals surface area contributed by atoms with E-state index in [0.717, 1.165) is 30.8 Å². The fourth-order valence-electron chi connectivity index (χ4n) is 2.97. The zero-order valence-electron chi connectivity index (χ0n) is 13.8. The van der Waals surface area contributed by atoms with Crippen molar-refractivity contribution in [3.05, 3.63) is 12.7 Å². The van der Waals surface area contributed by atoms with Gasteiger partial charge in [0.25, 0.3) is 0 Å². The van der Waals surface area contributed by atoms with Gasteiger partial charge in [0, 0.05) is 25.6 Å². The van der Waals surface area contributed by atoms with Crippen molar-refractivity contribution < 1.29 is 19.0 Å². The van der Waals surface area contributed by atoms with E-state index in [4.69, 9.17) is 0 Å². The van der Waals surface area contributed by atoms with Crippen molar-refractivity contribution in [2.45, 2.75) is 37.8 Å². The number of nitrogens with one attached hydrogen (secondary N) is 1. The fraction of sp³-hybridized carbons (Fsp3) is 0.625. The van der Waals surface area contributed by atoms with Crippen molar-refractivity contribution in [1.82, 2.24) is 15.1 Å². The number of urea groups is 1. The minimum atomic E-state index is -0.403. The Morgan fingerprint density at radius 1 is 1.43 bits per heavy atom. The van der Waals surface area contributed by atoms with Crippen LogP contribution in [0.25, 0.3) is 0 Å². The van der Waals surface area contributed by atoms with Crippen LogP contribution >= 0.6 is 0 Å². The molecule has 4 amide bonds. The Morgan fingerprint density at radius 2 is 2.09 bits per heavy atom. The Morgan fingerprint density at radius 3 is 2.70 bits per heavy atom. The predicted molar refractivity (Wildman–Crippen MR) is 86.4 cm³/mol. The van der Waals surface area contributed by atoms with Crippen LogP contribution < -0.4 is 5.32 Å². The molecule has 126 valence electrons. The average Bonchev–Trinajstić information content (AvgIpc) is 2.55. The number of allylic oxidation sites excluding steroid dienone is 1. The first-order valence-corrected chi connectivity index (χ1v) is 7.97. The molecule has 7 heteroatoms. The maximum absolute atomic E-state index is 12.3. The lowest BCUT2D eigenvalue weighted by molar-refractivity contribution is -0.401. The number of nitrogens with zero attached hydrogens (tertiary/aromatic N) is 3. The van der Waals surface area contributed by atoms with Gasteiger partial charge in [-0.15, -0.1) is 6.58 Å². The van der Waals surface area contributed by atoms with Gasteiger partial charge in [-0.3, -0.25) is 9.69 Å². The molecule has 1 saturated heterocycles. The molecule has 2 heterocycles. The van der Waals surface area contributed by atoms with Crippen LogP contribution in [0.4, 0.5) is 4.79 Å². The van der Waals surface area contributed by atoms with Gasteiger partial charge >= 0.3 is 11.9 Å². The average molecular weight is 321 g/mol. The van der Waals surface area contributed by atoms with E-state index >= 15 is 0 Å². The minimum absolute atomic E-state index is 0.0497. The third-order valence-electron chi connectivity index (χ3n) is 4.40. The zero-order chi connectivity index (χ0) is 17.0. The summed E-state index contributed by atoms with van der Waals surface area (Å²) in [5.41, 5.74) is 0. The lowest BCUT2D eigenvalue weighted by atomic mass is 10.0. The van der Waals surface area contributed by atoms with E-state index in [9.17, 15) is 14.4 Å². The number of carbonyl (C=O) groups is 3. The van der Waals surface area contributed by atoms with Crippen LogP contribution in [0.2, 0.25) is 0 Å². The summed E-state index contributed by atoms with van der Waals surface area (Å²) in [5, 5.41) is 3.03. The summed E-state index contributed by atoms with van der Waals surface area (Å²) in [6.45, 7) is 5.05. The summed E-state index contributed by atoms with van der Waals surface area (Å²) in [4.78, 5) is 39.0. The van der Waals surface area contributed by atoms with E-state index in [1.54, 1.807) is 19.3 Å². The third kappa shape index (κ3) is 4.04. The highest BCUT2D eigenvalue weighted by Gasteiger charge is 2.42. The highest BCUT2D eigenvalue weighted by molar-refractivity contribution is 6.06. The maximum atomic E-state index is 12.3. The van der Waals surface area contributed by atoms with Gasteiger partial charge in [0.05, 0.1) is 14.1 Å². The van der Waals surface area contributed by atoms with Gasteiger partial charge in [-0.05, 0) is 19.3 Å². The minimum Gasteiger partial charge on any atom is -0.353 e. The van der Waals surface area contributed by atoms with Crippen molar-refractivity contribution in [1.29, 1.82) is 0 Å². The lowest BCUT2D eigenvalue weighted by Crippen LogP contribution is -2.59. The molecule has 0 aromatic heterocycles. The van der Waals surface area contributed by atoms with Gasteiger partial charge in [0.15, 0.2) is 6.04 Å². The van der Waals surface area contributed by atoms with Crippen LogP contribution in [-0.4, -0.2) is 77.7 Å². The van der Waals surface area contributed by atoms with E-state index in [1.807, 2.05) is 0 Å². The largest absolute Gasteiger partial charge is 0.500 e. The van der Waals surface area contributed by atoms with Gasteiger partial charge in [0.1, 0.15) is 6.21 Å². The van der Waals surface area contributed by atoms with Crippen LogP contribution in [-0.2, 0) is 9.59 Å². The van der Waals surface area contributed by atoms with Crippen LogP contribution in [0.3, 0.4) is 0 Å². The molecule has 0 spiro atoms. The van der Waals surface area contributed by atoms with E-state index in [-0.39, 0.29) is 23.9 Å². The molecule has 1 atom stereocenters. The van der Waals surface area contributed by atoms with Crippen molar-refractivity contribution in [3.8, 4) is 0 Å². The molecule has 0 aromatic carbocycles. The molecule has 2 aliphatic heterocycles. The second-order valence-electron chi connectivity index (χ2n) is 6.09. The molecule has 1 unspecified atom stereocenters. The number of likely N-dealkylation sites (tertiary alicyclic amines) is 1. The number of hydrogen-bond acceptors (Lipinski definition) is 4. The van der Waals surface area contributed by atoms with E-state index in [2.05, 4.69) is 16.8 Å². The van der Waals surface area contributed by atoms with Crippen molar-refractivity contribution >= 4 is 24.1 Å². The molecule has 2 rings (SSSR count). The molecule has 2 aliphatic rings. The van der Waals surface area contributed by atoms with Crippen LogP contribution in [0.15, 0.2) is 12.7 Å². The van der Waals surface area contributed by atoms with Crippen LogP contribution in [0.1, 0.15) is 25.7 Å². The highest BCUT2D eigenvalue weighted by atomic mass is 16.2. The topological polar surface area (TPSA) is 72.7 Å². The zero-order valence-corrected chi connectivity index (χ0v) is 13.8. The first kappa shape index (κ1) is 17.3. The number of rotatable bonds is 5. The van der Waals surface area contributed by atoms with E-state index < -0.39 is 6.04 Å². The first-order chi connectivity index (χ1) is 10.9. The van der Waals surface area contributed by atoms with Crippen molar-refractivity contribution in [2.75, 3.05) is 27.2 Å². The lowest BCUT2D eigenvalue weighted by Gasteiger charge is -2.36. The Bertz CT molecular complexity index is 535. The normalized spacial score (nSPS) is 23.7. The van der Waals surface area contributed by atoms with Gasteiger partial charge in [0.2, 0.25) is 5.91 Å². The Balaban J connectivity index is 1.89. The van der Waals surface area contributed by atoms with Gasteiger partial charge in [-0.1, -0.05) is 6.08 Å². The summed E-state index contributed by atoms with van der Waals surface area (Å²) in [7, 11) is 3.17. The third-order valence-corrected chi connectivity index (χ3v) is 4.40. The fourth-order valence-corrected chi connectivity index (χ4v) is 2.97. The second kappa shape index (κ2) is 7.50. The smallest absolute Gasteiger partial charge is 0.353 e. The van der Waals surface area contributed by atoms with Gasteiger partial charge < -0.3 is 5.32 Å². The Labute approximate surface area is 136 Å². The van der Waals surface area contributed by atoms with Crippen LogP contribution in [0, 0.1) is 0 Å². The molecule has 0 bridgehead atoms. The predicted octanol–water partition coefficient (Wildman–Crippen LogP) is 0.207. The molecular weight excluding hydrogens is 296 g/mol.